The summed E-state index contributed by atoms with van der Waals surface area (Å²) >= 11 is 0. The number of aromatic nitrogens is 4. The van der Waals surface area contributed by atoms with Crippen LogP contribution in [0.15, 0.2) is 36.7 Å². The molecule has 9 nitrogen and oxygen atoms in total. The van der Waals surface area contributed by atoms with Gasteiger partial charge in [-0.25, -0.2) is 4.98 Å². The molecular formula is C21H24N8O. The average Bonchev–Trinajstić information content (AvgIpc) is 3.27. The number of benzene rings is 1. The molecular weight excluding hydrogens is 380 g/mol. The van der Waals surface area contributed by atoms with E-state index >= 15 is 0 Å². The van der Waals surface area contributed by atoms with Gasteiger partial charge >= 0.3 is 0 Å². The highest BCUT2D eigenvalue weighted by Crippen LogP contribution is 2.34. The van der Waals surface area contributed by atoms with Gasteiger partial charge in [0.25, 0.3) is 5.82 Å². The number of nitrogens with one attached hydrogen (secondary N) is 3. The predicted molar refractivity (Wildman–Crippen MR) is 116 cm³/mol. The molecule has 1 saturated heterocycles. The molecule has 0 saturated carbocycles. The Kier molecular flexibility index (Phi) is 5.77. The smallest absolute Gasteiger partial charge is 0.288 e. The van der Waals surface area contributed by atoms with Gasteiger partial charge in [0.05, 0.1) is 19.0 Å². The number of methoxy groups -OCH3 is 1. The first-order valence-electron chi connectivity index (χ1n) is 9.89. The Balaban J connectivity index is 1.53. The fourth-order valence-electron chi connectivity index (χ4n) is 3.53. The number of ether oxygens (including phenoxy) is 1. The van der Waals surface area contributed by atoms with Gasteiger partial charge in [-0.15, -0.1) is 4.98 Å². The first-order chi connectivity index (χ1) is 14.7. The minimum Gasteiger partial charge on any atom is -0.496 e. The van der Waals surface area contributed by atoms with Crippen LogP contribution in [0, 0.1) is 6.57 Å². The van der Waals surface area contributed by atoms with Crippen LogP contribution in [-0.4, -0.2) is 53.0 Å². The quantitative estimate of drug-likeness (QED) is 0.542. The summed E-state index contributed by atoms with van der Waals surface area (Å²) in [6.07, 6.45) is 4.04. The largest absolute Gasteiger partial charge is 0.496 e. The highest BCUT2D eigenvalue weighted by Gasteiger charge is 2.19. The molecule has 0 unspecified atom stereocenters. The second kappa shape index (κ2) is 8.80. The lowest BCUT2D eigenvalue weighted by atomic mass is 10.1. The summed E-state index contributed by atoms with van der Waals surface area (Å²) in [4.78, 5) is 13.8. The Morgan fingerprint density at radius 1 is 1.27 bits per heavy atom. The molecule has 1 atom stereocenters. The molecule has 0 amide bonds. The van der Waals surface area contributed by atoms with Crippen molar-refractivity contribution in [2.24, 2.45) is 0 Å². The van der Waals surface area contributed by atoms with Crippen molar-refractivity contribution in [2.45, 2.75) is 19.4 Å². The molecule has 3 aromatic rings. The van der Waals surface area contributed by atoms with Crippen molar-refractivity contribution in [3.63, 3.8) is 0 Å². The third kappa shape index (κ3) is 4.18. The van der Waals surface area contributed by atoms with Crippen LogP contribution in [0.3, 0.4) is 0 Å². The molecule has 154 valence electrons. The molecule has 0 aliphatic carbocycles. The highest BCUT2D eigenvalue weighted by atomic mass is 16.5. The Bertz CT molecular complexity index is 1040. The fourth-order valence-corrected chi connectivity index (χ4v) is 3.53. The van der Waals surface area contributed by atoms with Crippen molar-refractivity contribution in [1.82, 2.24) is 25.5 Å². The van der Waals surface area contributed by atoms with Crippen LogP contribution in [0.2, 0.25) is 0 Å². The van der Waals surface area contributed by atoms with Crippen molar-refractivity contribution < 1.29 is 4.74 Å². The summed E-state index contributed by atoms with van der Waals surface area (Å²) in [5.74, 6) is 2.17. The maximum absolute atomic E-state index is 6.94. The molecule has 0 bridgehead atoms. The molecule has 1 fully saturated rings. The van der Waals surface area contributed by atoms with E-state index in [0.717, 1.165) is 48.7 Å². The van der Waals surface area contributed by atoms with Gasteiger partial charge in [-0.1, -0.05) is 13.5 Å². The lowest BCUT2D eigenvalue weighted by molar-refractivity contribution is 0.415. The number of aromatic amines is 1. The molecule has 30 heavy (non-hydrogen) atoms. The van der Waals surface area contributed by atoms with Gasteiger partial charge in [0, 0.05) is 49.1 Å². The maximum atomic E-state index is 6.94. The lowest BCUT2D eigenvalue weighted by Crippen LogP contribution is -2.50. The van der Waals surface area contributed by atoms with Gasteiger partial charge in [0.2, 0.25) is 0 Å². The van der Waals surface area contributed by atoms with Crippen molar-refractivity contribution >= 4 is 23.1 Å². The molecule has 3 heterocycles. The van der Waals surface area contributed by atoms with Crippen LogP contribution in [0.25, 0.3) is 16.1 Å². The van der Waals surface area contributed by atoms with E-state index in [0.29, 0.717) is 17.7 Å². The lowest BCUT2D eigenvalue weighted by Gasteiger charge is -2.35. The van der Waals surface area contributed by atoms with Crippen molar-refractivity contribution in [3.05, 3.63) is 48.1 Å². The van der Waals surface area contributed by atoms with E-state index < -0.39 is 0 Å². The predicted octanol–water partition coefficient (Wildman–Crippen LogP) is 3.36. The van der Waals surface area contributed by atoms with Gasteiger partial charge in [0.1, 0.15) is 5.75 Å². The molecule has 9 heteroatoms. The van der Waals surface area contributed by atoms with Crippen molar-refractivity contribution in [3.8, 4) is 17.0 Å². The summed E-state index contributed by atoms with van der Waals surface area (Å²) in [6.45, 7) is 12.1. The summed E-state index contributed by atoms with van der Waals surface area (Å²) in [5.41, 5.74) is 2.92. The van der Waals surface area contributed by atoms with Gasteiger partial charge in [0.15, 0.2) is 17.8 Å². The van der Waals surface area contributed by atoms with E-state index in [1.807, 2.05) is 6.07 Å². The Morgan fingerprint density at radius 2 is 2.17 bits per heavy atom. The van der Waals surface area contributed by atoms with E-state index in [1.54, 1.807) is 7.11 Å². The van der Waals surface area contributed by atoms with Crippen LogP contribution in [-0.2, 0) is 0 Å². The molecule has 4 rings (SSSR count). The minimum absolute atomic E-state index is 0.253. The topological polar surface area (TPSA) is 95.3 Å². The summed E-state index contributed by atoms with van der Waals surface area (Å²) in [6, 6.07) is 8.66. The molecule has 1 aromatic carbocycles. The fraction of sp³-hybridized carbons (Fsp3) is 0.333. The number of anilines is 3. The SMILES string of the molecule is [C-]#[N+]c1cnc(Nc2cc(-c3ccc(N4CCN[C@H](CC)C4)cc3OC)[nH]n2)cn1. The van der Waals surface area contributed by atoms with Gasteiger partial charge < -0.3 is 25.1 Å². The minimum atomic E-state index is 0.253. The summed E-state index contributed by atoms with van der Waals surface area (Å²) in [5, 5.41) is 14.0. The zero-order valence-electron chi connectivity index (χ0n) is 17.0. The van der Waals surface area contributed by atoms with Crippen LogP contribution in [0.1, 0.15) is 13.3 Å². The van der Waals surface area contributed by atoms with E-state index in [4.69, 9.17) is 11.3 Å². The number of nitrogens with zero attached hydrogens (tertiary/aromatic N) is 5. The molecule has 3 N–H and O–H groups in total. The number of hydrogen-bond acceptors (Lipinski definition) is 7. The van der Waals surface area contributed by atoms with Crippen molar-refractivity contribution in [1.29, 1.82) is 0 Å². The highest BCUT2D eigenvalue weighted by molar-refractivity contribution is 5.73. The average molecular weight is 404 g/mol. The molecule has 0 spiro atoms. The number of rotatable bonds is 6. The molecule has 1 aliphatic rings. The first-order valence-corrected chi connectivity index (χ1v) is 9.89. The Hall–Kier alpha value is -3.64. The standard InChI is InChI=1S/C21H24N8O/c1-4-14-13-29(8-7-23-14)15-5-6-16(18(9-15)30-3)17-10-19(28-27-17)26-21-12-24-20(22-2)11-25-21/h5-6,9-12,14,23H,4,7-8,13H2,1,3H3,(H2,25,26,27,28)/t14-/m1/s1. The number of piperazine rings is 1. The van der Waals surface area contributed by atoms with Crippen LogP contribution < -0.4 is 20.3 Å². The zero-order valence-corrected chi connectivity index (χ0v) is 17.0. The molecule has 2 aromatic heterocycles. The third-order valence-corrected chi connectivity index (χ3v) is 5.18. The summed E-state index contributed by atoms with van der Waals surface area (Å²) < 4.78 is 5.68. The maximum Gasteiger partial charge on any atom is 0.288 e. The third-order valence-electron chi connectivity index (χ3n) is 5.18. The van der Waals surface area contributed by atoms with E-state index in [-0.39, 0.29) is 5.82 Å². The second-order valence-corrected chi connectivity index (χ2v) is 7.05. The number of hydrogen-bond donors (Lipinski definition) is 3. The van der Waals surface area contributed by atoms with Crippen LogP contribution in [0.5, 0.6) is 5.75 Å². The summed E-state index contributed by atoms with van der Waals surface area (Å²) in [7, 11) is 1.68. The Morgan fingerprint density at radius 3 is 2.90 bits per heavy atom. The van der Waals surface area contributed by atoms with Crippen LogP contribution >= 0.6 is 0 Å². The normalized spacial score (nSPS) is 16.2. The Labute approximate surface area is 175 Å². The van der Waals surface area contributed by atoms with Crippen molar-refractivity contribution in [2.75, 3.05) is 37.0 Å². The van der Waals surface area contributed by atoms with Gasteiger partial charge in [-0.05, 0) is 18.6 Å². The second-order valence-electron chi connectivity index (χ2n) is 7.05. The number of H-pyrrole nitrogens is 1. The molecule has 1 aliphatic heterocycles. The first kappa shape index (κ1) is 19.7. The van der Waals surface area contributed by atoms with Crippen LogP contribution in [0.4, 0.5) is 23.1 Å². The van der Waals surface area contributed by atoms with Gasteiger partial charge in [-0.3, -0.25) is 5.10 Å². The molecule has 0 radical (unpaired) electrons. The van der Waals surface area contributed by atoms with E-state index in [1.165, 1.54) is 12.4 Å². The van der Waals surface area contributed by atoms with Gasteiger partial charge in [-0.2, -0.15) is 5.10 Å². The van der Waals surface area contributed by atoms with E-state index in [2.05, 4.69) is 65.7 Å². The van der Waals surface area contributed by atoms with E-state index in [9.17, 15) is 0 Å². The zero-order chi connectivity index (χ0) is 20.9. The monoisotopic (exact) mass is 404 g/mol.